The smallest absolute Gasteiger partial charge is 0.254 e. The minimum atomic E-state index is -0.394. The first kappa shape index (κ1) is 19.1. The summed E-state index contributed by atoms with van der Waals surface area (Å²) in [6.07, 6.45) is 8.45. The molecular weight excluding hydrogens is 374 g/mol. The zero-order valence-corrected chi connectivity index (χ0v) is 17.5. The molecule has 6 heteroatoms. The lowest BCUT2D eigenvalue weighted by Gasteiger charge is -2.47. The summed E-state index contributed by atoms with van der Waals surface area (Å²) < 4.78 is 0. The van der Waals surface area contributed by atoms with Crippen molar-refractivity contribution in [1.29, 1.82) is 0 Å². The lowest BCUT2D eigenvalue weighted by atomic mass is 9.85. The monoisotopic (exact) mass is 403 g/mol. The minimum Gasteiger partial charge on any atom is -0.368 e. The lowest BCUT2D eigenvalue weighted by Crippen LogP contribution is -2.62. The van der Waals surface area contributed by atoms with E-state index in [1.807, 2.05) is 48.2 Å². The number of pyridine rings is 1. The van der Waals surface area contributed by atoms with Crippen LogP contribution in [0, 0.1) is 6.92 Å². The summed E-state index contributed by atoms with van der Waals surface area (Å²) >= 11 is 0. The first-order valence-electron chi connectivity index (χ1n) is 11.1. The van der Waals surface area contributed by atoms with E-state index in [0.29, 0.717) is 12.6 Å². The van der Waals surface area contributed by atoms with Crippen LogP contribution >= 0.6 is 0 Å². The van der Waals surface area contributed by atoms with Crippen molar-refractivity contribution in [1.82, 2.24) is 9.88 Å². The molecule has 1 aromatic heterocycles. The number of aromatic nitrogens is 1. The Hall–Kier alpha value is -2.89. The van der Waals surface area contributed by atoms with E-state index in [9.17, 15) is 4.79 Å². The second-order valence-electron chi connectivity index (χ2n) is 8.79. The molecule has 1 aliphatic carbocycles. The Morgan fingerprint density at radius 3 is 2.83 bits per heavy atom. The molecule has 2 N–H and O–H groups in total. The first-order chi connectivity index (χ1) is 14.6. The molecule has 5 rings (SSSR count). The zero-order valence-electron chi connectivity index (χ0n) is 17.5. The van der Waals surface area contributed by atoms with Gasteiger partial charge in [0.05, 0.1) is 18.3 Å². The summed E-state index contributed by atoms with van der Waals surface area (Å²) in [5.41, 5.74) is 2.39. The molecule has 0 unspecified atom stereocenters. The largest absolute Gasteiger partial charge is 0.368 e. The molecule has 1 spiro atoms. The Morgan fingerprint density at radius 2 is 2.00 bits per heavy atom. The number of hydrogen-bond acceptors (Lipinski definition) is 4. The molecule has 1 atom stereocenters. The van der Waals surface area contributed by atoms with E-state index < -0.39 is 5.54 Å². The van der Waals surface area contributed by atoms with Crippen LogP contribution in [0.3, 0.4) is 0 Å². The molecule has 0 radical (unpaired) electrons. The van der Waals surface area contributed by atoms with Crippen molar-refractivity contribution in [2.75, 3.05) is 23.7 Å². The summed E-state index contributed by atoms with van der Waals surface area (Å²) in [7, 11) is 0. The third-order valence-electron chi connectivity index (χ3n) is 6.66. The highest BCUT2D eigenvalue weighted by molar-refractivity contribution is 6.09. The maximum absolute atomic E-state index is 13.4. The summed E-state index contributed by atoms with van der Waals surface area (Å²) in [6, 6.07) is 12.2. The van der Waals surface area contributed by atoms with Crippen molar-refractivity contribution >= 4 is 23.2 Å². The van der Waals surface area contributed by atoms with Crippen molar-refractivity contribution in [3.8, 4) is 0 Å². The fraction of sp³-hybridized carbons (Fsp3) is 0.458. The van der Waals surface area contributed by atoms with Gasteiger partial charge < -0.3 is 15.5 Å². The van der Waals surface area contributed by atoms with Gasteiger partial charge in [-0.2, -0.15) is 0 Å². The van der Waals surface area contributed by atoms with Crippen LogP contribution in [0.5, 0.6) is 0 Å². The fourth-order valence-electron chi connectivity index (χ4n) is 5.03. The van der Waals surface area contributed by atoms with E-state index in [0.717, 1.165) is 60.7 Å². The molecule has 2 aliphatic heterocycles. The third-order valence-corrected chi connectivity index (χ3v) is 6.66. The quantitative estimate of drug-likeness (QED) is 0.787. The van der Waals surface area contributed by atoms with Gasteiger partial charge in [0.15, 0.2) is 5.82 Å². The minimum absolute atomic E-state index is 0.103. The predicted octanol–water partition coefficient (Wildman–Crippen LogP) is 4.24. The molecule has 1 amide bonds. The molecule has 1 aromatic carbocycles. The number of nitrogens with zero attached hydrogens (tertiary/aromatic N) is 3. The van der Waals surface area contributed by atoms with Gasteiger partial charge in [0.1, 0.15) is 11.4 Å². The van der Waals surface area contributed by atoms with Crippen LogP contribution in [0.2, 0.25) is 0 Å². The lowest BCUT2D eigenvalue weighted by molar-refractivity contribution is 0.0693. The average molecular weight is 404 g/mol. The standard InChI is InChI=1S/C24H29N5O/c1-17-8-2-5-11-19(17)22(30)29-15-7-13-24(16-29)23(26-18-9-3-4-10-18)27-21-20(28-24)12-6-14-25-21/h2,5-6,8,11-12,14,18,28H,3-4,7,9-10,13,15-16H2,1H3,(H,25,26,27)/t24-/m0/s1. The van der Waals surface area contributed by atoms with Crippen molar-refractivity contribution in [3.05, 3.63) is 53.7 Å². The van der Waals surface area contributed by atoms with Crippen LogP contribution in [0.1, 0.15) is 54.4 Å². The third kappa shape index (κ3) is 3.44. The van der Waals surface area contributed by atoms with E-state index in [4.69, 9.17) is 4.99 Å². The van der Waals surface area contributed by atoms with Crippen molar-refractivity contribution in [3.63, 3.8) is 0 Å². The Labute approximate surface area is 177 Å². The molecule has 0 bridgehead atoms. The van der Waals surface area contributed by atoms with E-state index in [1.165, 1.54) is 12.8 Å². The highest BCUT2D eigenvalue weighted by Crippen LogP contribution is 2.36. The van der Waals surface area contributed by atoms with Gasteiger partial charge in [-0.15, -0.1) is 0 Å². The van der Waals surface area contributed by atoms with Crippen molar-refractivity contribution < 1.29 is 4.79 Å². The zero-order chi connectivity index (χ0) is 20.6. The molecule has 2 aromatic rings. The molecule has 1 saturated carbocycles. The van der Waals surface area contributed by atoms with Gasteiger partial charge in [-0.1, -0.05) is 31.0 Å². The number of piperidine rings is 1. The normalized spacial score (nSPS) is 25.1. The van der Waals surface area contributed by atoms with Gasteiger partial charge >= 0.3 is 0 Å². The van der Waals surface area contributed by atoms with Crippen LogP contribution < -0.4 is 10.6 Å². The molecule has 1 saturated heterocycles. The van der Waals surface area contributed by atoms with E-state index in [1.54, 1.807) is 6.20 Å². The molecule has 3 heterocycles. The van der Waals surface area contributed by atoms with Crippen LogP contribution in [0.25, 0.3) is 0 Å². The maximum Gasteiger partial charge on any atom is 0.254 e. The summed E-state index contributed by atoms with van der Waals surface area (Å²) in [5, 5.41) is 7.27. The number of nitrogens with one attached hydrogen (secondary N) is 2. The predicted molar refractivity (Wildman–Crippen MR) is 120 cm³/mol. The highest BCUT2D eigenvalue weighted by atomic mass is 16.2. The van der Waals surface area contributed by atoms with Gasteiger partial charge in [0.2, 0.25) is 0 Å². The average Bonchev–Trinajstić information content (AvgIpc) is 3.28. The van der Waals surface area contributed by atoms with Crippen molar-refractivity contribution in [2.24, 2.45) is 4.99 Å². The number of carbonyl (C=O) groups excluding carboxylic acids is 1. The Balaban J connectivity index is 1.49. The Kier molecular flexibility index (Phi) is 4.93. The number of benzene rings is 1. The SMILES string of the molecule is Cc1ccccc1C(=O)N1CCC[C@@]2(C1)Nc1cccnc1NC2=NC1CCCC1. The summed E-state index contributed by atoms with van der Waals surface area (Å²) in [4.78, 5) is 25.0. The van der Waals surface area contributed by atoms with E-state index in [-0.39, 0.29) is 5.91 Å². The Bertz CT molecular complexity index is 981. The van der Waals surface area contributed by atoms with E-state index >= 15 is 0 Å². The molecule has 30 heavy (non-hydrogen) atoms. The topological polar surface area (TPSA) is 69.6 Å². The van der Waals surface area contributed by atoms with Gasteiger partial charge in [-0.3, -0.25) is 9.79 Å². The van der Waals surface area contributed by atoms with Gasteiger partial charge in [-0.25, -0.2) is 4.98 Å². The fourth-order valence-corrected chi connectivity index (χ4v) is 5.03. The second kappa shape index (κ2) is 7.74. The number of hydrogen-bond donors (Lipinski definition) is 2. The van der Waals surface area contributed by atoms with Gasteiger partial charge in [-0.05, 0) is 56.4 Å². The highest BCUT2D eigenvalue weighted by Gasteiger charge is 2.45. The molecule has 6 nitrogen and oxygen atoms in total. The molecular formula is C24H29N5O. The maximum atomic E-state index is 13.4. The van der Waals surface area contributed by atoms with Gasteiger partial charge in [0, 0.05) is 18.3 Å². The van der Waals surface area contributed by atoms with Gasteiger partial charge in [0.25, 0.3) is 5.91 Å². The number of aliphatic imine (C=N–C) groups is 1. The molecule has 3 aliphatic rings. The van der Waals surface area contributed by atoms with Crippen LogP contribution in [0.15, 0.2) is 47.6 Å². The number of amides is 1. The number of fused-ring (bicyclic) bond motifs is 1. The number of carbonyl (C=O) groups is 1. The summed E-state index contributed by atoms with van der Waals surface area (Å²) in [6.45, 7) is 3.38. The van der Waals surface area contributed by atoms with Crippen molar-refractivity contribution in [2.45, 2.75) is 57.0 Å². The Morgan fingerprint density at radius 1 is 1.17 bits per heavy atom. The number of rotatable bonds is 2. The molecule has 156 valence electrons. The number of amidine groups is 1. The first-order valence-corrected chi connectivity index (χ1v) is 11.1. The number of anilines is 2. The van der Waals surface area contributed by atoms with E-state index in [2.05, 4.69) is 15.6 Å². The second-order valence-corrected chi connectivity index (χ2v) is 8.79. The summed E-state index contributed by atoms with van der Waals surface area (Å²) in [5.74, 6) is 1.87. The van der Waals surface area contributed by atoms with Crippen LogP contribution in [-0.4, -0.2) is 46.3 Å². The van der Waals surface area contributed by atoms with Crippen LogP contribution in [-0.2, 0) is 0 Å². The molecule has 2 fully saturated rings. The number of aryl methyl sites for hydroxylation is 1. The number of likely N-dealkylation sites (tertiary alicyclic amines) is 1. The van der Waals surface area contributed by atoms with Crippen LogP contribution in [0.4, 0.5) is 11.5 Å².